The first-order valence-corrected chi connectivity index (χ1v) is 10.3. The van der Waals surface area contributed by atoms with Gasteiger partial charge in [-0.1, -0.05) is 12.2 Å². The monoisotopic (exact) mass is 388 g/mol. The second-order valence-electron chi connectivity index (χ2n) is 8.23. The number of hydrogen-bond donors (Lipinski definition) is 1. The van der Waals surface area contributed by atoms with E-state index in [4.69, 9.17) is 0 Å². The molecule has 2 saturated heterocycles. The number of piperazine rings is 1. The van der Waals surface area contributed by atoms with Gasteiger partial charge in [0, 0.05) is 45.2 Å². The summed E-state index contributed by atoms with van der Waals surface area (Å²) in [5.41, 5.74) is 0. The normalized spacial score (nSPS) is 27.9. The Morgan fingerprint density at radius 1 is 0.964 bits per heavy atom. The van der Waals surface area contributed by atoms with Crippen LogP contribution in [0.5, 0.6) is 0 Å². The van der Waals surface area contributed by atoms with Crippen molar-refractivity contribution in [2.24, 2.45) is 11.8 Å². The molecule has 4 amide bonds. The maximum Gasteiger partial charge on any atom is 0.234 e. The Hall–Kier alpha value is -2.22. The lowest BCUT2D eigenvalue weighted by Gasteiger charge is -2.34. The molecule has 2 atom stereocenters. The molecule has 8 heteroatoms. The van der Waals surface area contributed by atoms with Gasteiger partial charge >= 0.3 is 0 Å². The molecule has 0 bridgehead atoms. The van der Waals surface area contributed by atoms with Crippen LogP contribution in [0.4, 0.5) is 0 Å². The van der Waals surface area contributed by atoms with E-state index in [1.807, 2.05) is 12.2 Å². The van der Waals surface area contributed by atoms with Crippen molar-refractivity contribution in [2.45, 2.75) is 38.1 Å². The van der Waals surface area contributed by atoms with Crippen molar-refractivity contribution in [3.63, 3.8) is 0 Å². The number of rotatable bonds is 6. The summed E-state index contributed by atoms with van der Waals surface area (Å²) in [6.45, 7) is 3.04. The number of carbonyl (C=O) groups is 4. The smallest absolute Gasteiger partial charge is 0.234 e. The molecule has 2 aliphatic heterocycles. The summed E-state index contributed by atoms with van der Waals surface area (Å²) in [6.07, 6.45) is 7.50. The molecule has 2 heterocycles. The summed E-state index contributed by atoms with van der Waals surface area (Å²) < 4.78 is 0. The van der Waals surface area contributed by atoms with Crippen molar-refractivity contribution in [2.75, 3.05) is 39.3 Å². The number of carbonyl (C=O) groups excluding carboxylic acids is 4. The molecule has 0 aromatic carbocycles. The van der Waals surface area contributed by atoms with Gasteiger partial charge < -0.3 is 10.2 Å². The zero-order valence-corrected chi connectivity index (χ0v) is 16.1. The van der Waals surface area contributed by atoms with Gasteiger partial charge in [-0.3, -0.25) is 29.0 Å². The fourth-order valence-corrected chi connectivity index (χ4v) is 4.31. The van der Waals surface area contributed by atoms with Gasteiger partial charge in [-0.25, -0.2) is 0 Å². The molecular weight excluding hydrogens is 360 g/mol. The number of fused-ring (bicyclic) bond motifs is 1. The minimum absolute atomic E-state index is 0.0318. The Labute approximate surface area is 164 Å². The number of allylic oxidation sites excluding steroid dienone is 2. The van der Waals surface area contributed by atoms with Gasteiger partial charge in [0.15, 0.2) is 0 Å². The van der Waals surface area contributed by atoms with E-state index in [0.717, 1.165) is 12.8 Å². The van der Waals surface area contributed by atoms with Gasteiger partial charge in [0.1, 0.15) is 0 Å². The molecular formula is C20H28N4O4. The first-order chi connectivity index (χ1) is 13.5. The molecule has 4 rings (SSSR count). The van der Waals surface area contributed by atoms with Gasteiger partial charge in [-0.2, -0.15) is 0 Å². The Kier molecular flexibility index (Phi) is 5.48. The number of amides is 4. The molecule has 0 aromatic heterocycles. The van der Waals surface area contributed by atoms with E-state index in [1.165, 1.54) is 4.90 Å². The quantitative estimate of drug-likeness (QED) is 0.501. The number of hydrogen-bond acceptors (Lipinski definition) is 5. The minimum atomic E-state index is -0.238. The van der Waals surface area contributed by atoms with Crippen LogP contribution in [-0.2, 0) is 19.2 Å². The van der Waals surface area contributed by atoms with Gasteiger partial charge in [-0.15, -0.1) is 0 Å². The maximum atomic E-state index is 12.5. The highest BCUT2D eigenvalue weighted by molar-refractivity contribution is 6.05. The van der Waals surface area contributed by atoms with Crippen LogP contribution in [0.15, 0.2) is 12.2 Å². The highest BCUT2D eigenvalue weighted by Gasteiger charge is 2.47. The lowest BCUT2D eigenvalue weighted by atomic mass is 9.85. The molecule has 8 nitrogen and oxygen atoms in total. The predicted octanol–water partition coefficient (Wildman–Crippen LogP) is -0.249. The summed E-state index contributed by atoms with van der Waals surface area (Å²) in [5, 5.41) is 2.98. The van der Waals surface area contributed by atoms with Crippen molar-refractivity contribution in [1.29, 1.82) is 0 Å². The van der Waals surface area contributed by atoms with Crippen LogP contribution in [0, 0.1) is 11.8 Å². The third kappa shape index (κ3) is 4.11. The van der Waals surface area contributed by atoms with Crippen molar-refractivity contribution >= 4 is 23.6 Å². The first kappa shape index (κ1) is 19.1. The van der Waals surface area contributed by atoms with E-state index in [9.17, 15) is 19.2 Å². The molecule has 28 heavy (non-hydrogen) atoms. The highest BCUT2D eigenvalue weighted by Crippen LogP contribution is 2.35. The Morgan fingerprint density at radius 2 is 1.57 bits per heavy atom. The standard InChI is InChI=1S/C20H28N4O4/c25-17(21-14-5-6-14)13-22-9-11-23(12-10-22)18(26)7-8-24-19(27)15-3-1-2-4-16(15)20(24)28/h1-2,14-16H,3-13H2,(H,21,25)/t15-,16-/m1/s1. The molecule has 0 aromatic rings. The summed E-state index contributed by atoms with van der Waals surface area (Å²) in [4.78, 5) is 54.5. The third-order valence-electron chi connectivity index (χ3n) is 6.18. The van der Waals surface area contributed by atoms with E-state index >= 15 is 0 Å². The van der Waals surface area contributed by atoms with Crippen LogP contribution in [-0.4, -0.2) is 83.6 Å². The SMILES string of the molecule is O=C(CN1CCN(C(=O)CCN2C(=O)[C@@H]3CC=CC[C@H]3C2=O)CC1)NC1CC1. The van der Waals surface area contributed by atoms with E-state index in [2.05, 4.69) is 10.2 Å². The Bertz CT molecular complexity index is 668. The minimum Gasteiger partial charge on any atom is -0.352 e. The zero-order chi connectivity index (χ0) is 19.7. The van der Waals surface area contributed by atoms with Crippen molar-refractivity contribution in [3.05, 3.63) is 12.2 Å². The second-order valence-corrected chi connectivity index (χ2v) is 8.23. The van der Waals surface area contributed by atoms with Gasteiger partial charge in [0.2, 0.25) is 23.6 Å². The average molecular weight is 388 g/mol. The van der Waals surface area contributed by atoms with E-state index in [-0.39, 0.29) is 48.4 Å². The predicted molar refractivity (Wildman–Crippen MR) is 101 cm³/mol. The molecule has 1 N–H and O–H groups in total. The third-order valence-corrected chi connectivity index (χ3v) is 6.18. The Balaban J connectivity index is 1.20. The Morgan fingerprint density at radius 3 is 2.14 bits per heavy atom. The second kappa shape index (κ2) is 8.03. The highest BCUT2D eigenvalue weighted by atomic mass is 16.2. The topological polar surface area (TPSA) is 90.0 Å². The molecule has 0 radical (unpaired) electrons. The molecule has 152 valence electrons. The maximum absolute atomic E-state index is 12.5. The number of imide groups is 1. The first-order valence-electron chi connectivity index (χ1n) is 10.3. The lowest BCUT2D eigenvalue weighted by molar-refractivity contribution is -0.141. The molecule has 2 aliphatic carbocycles. The lowest BCUT2D eigenvalue weighted by Crippen LogP contribution is -2.51. The fraction of sp³-hybridized carbons (Fsp3) is 0.700. The molecule has 4 aliphatic rings. The van der Waals surface area contributed by atoms with Crippen molar-refractivity contribution in [1.82, 2.24) is 20.0 Å². The number of nitrogens with zero attached hydrogens (tertiary/aromatic N) is 3. The summed E-state index contributed by atoms with van der Waals surface area (Å²) in [7, 11) is 0. The molecule has 3 fully saturated rings. The fourth-order valence-electron chi connectivity index (χ4n) is 4.31. The average Bonchev–Trinajstić information content (AvgIpc) is 3.47. The van der Waals surface area contributed by atoms with Gasteiger partial charge in [0.05, 0.1) is 18.4 Å². The zero-order valence-electron chi connectivity index (χ0n) is 16.1. The van der Waals surface area contributed by atoms with E-state index in [0.29, 0.717) is 51.6 Å². The number of likely N-dealkylation sites (tertiary alicyclic amines) is 1. The summed E-state index contributed by atoms with van der Waals surface area (Å²) >= 11 is 0. The van der Waals surface area contributed by atoms with Crippen LogP contribution < -0.4 is 5.32 Å². The molecule has 1 saturated carbocycles. The molecule has 0 spiro atoms. The van der Waals surface area contributed by atoms with Gasteiger partial charge in [-0.05, 0) is 25.7 Å². The van der Waals surface area contributed by atoms with Crippen molar-refractivity contribution < 1.29 is 19.2 Å². The largest absolute Gasteiger partial charge is 0.352 e. The number of nitrogens with one attached hydrogen (secondary N) is 1. The van der Waals surface area contributed by atoms with Crippen LogP contribution >= 0.6 is 0 Å². The van der Waals surface area contributed by atoms with Gasteiger partial charge in [0.25, 0.3) is 0 Å². The van der Waals surface area contributed by atoms with E-state index < -0.39 is 0 Å². The van der Waals surface area contributed by atoms with Crippen LogP contribution in [0.3, 0.4) is 0 Å². The van der Waals surface area contributed by atoms with Crippen molar-refractivity contribution in [3.8, 4) is 0 Å². The van der Waals surface area contributed by atoms with Crippen LogP contribution in [0.1, 0.15) is 32.1 Å². The summed E-state index contributed by atoms with van der Waals surface area (Å²) in [5.74, 6) is -0.701. The van der Waals surface area contributed by atoms with E-state index in [1.54, 1.807) is 4.90 Å². The van der Waals surface area contributed by atoms with Crippen LogP contribution in [0.25, 0.3) is 0 Å². The molecule has 0 unspecified atom stereocenters. The van der Waals surface area contributed by atoms with Crippen LogP contribution in [0.2, 0.25) is 0 Å². The summed E-state index contributed by atoms with van der Waals surface area (Å²) in [6, 6.07) is 0.367.